The Kier molecular flexibility index (Phi) is 4.72. The van der Waals surface area contributed by atoms with Gasteiger partial charge in [-0.2, -0.15) is 0 Å². The zero-order valence-electron chi connectivity index (χ0n) is 14.8. The average Bonchev–Trinajstić information content (AvgIpc) is 2.87. The summed E-state index contributed by atoms with van der Waals surface area (Å²) in [6.45, 7) is 3.58. The second-order valence-electron chi connectivity index (χ2n) is 6.48. The third-order valence-electron chi connectivity index (χ3n) is 4.34. The maximum atomic E-state index is 12.5. The number of hydrogen-bond acceptors (Lipinski definition) is 5. The second-order valence-corrected chi connectivity index (χ2v) is 6.48. The zero-order valence-corrected chi connectivity index (χ0v) is 14.8. The predicted molar refractivity (Wildman–Crippen MR) is 97.6 cm³/mol. The molecule has 0 atom stereocenters. The van der Waals surface area contributed by atoms with Gasteiger partial charge >= 0.3 is 0 Å². The molecule has 3 rings (SSSR count). The summed E-state index contributed by atoms with van der Waals surface area (Å²) in [5, 5.41) is 13.7. The number of nitro groups is 1. The number of nitrogens with one attached hydrogen (secondary N) is 1. The van der Waals surface area contributed by atoms with E-state index >= 15 is 0 Å². The lowest BCUT2D eigenvalue weighted by atomic mass is 10.0. The molecule has 8 heteroatoms. The smallest absolute Gasteiger partial charge is 0.282 e. The van der Waals surface area contributed by atoms with Crippen molar-refractivity contribution in [2.45, 2.75) is 19.8 Å². The minimum atomic E-state index is -0.840. The molecule has 1 aliphatic heterocycles. The van der Waals surface area contributed by atoms with E-state index < -0.39 is 34.9 Å². The van der Waals surface area contributed by atoms with Crippen LogP contribution < -0.4 is 5.32 Å². The van der Waals surface area contributed by atoms with Crippen molar-refractivity contribution < 1.29 is 19.3 Å². The summed E-state index contributed by atoms with van der Waals surface area (Å²) in [5.41, 5.74) is 0.857. The number of amides is 3. The monoisotopic (exact) mass is 367 g/mol. The summed E-state index contributed by atoms with van der Waals surface area (Å²) in [5.74, 6) is -1.77. The Balaban J connectivity index is 1.75. The van der Waals surface area contributed by atoms with Crippen molar-refractivity contribution in [1.82, 2.24) is 4.90 Å². The lowest BCUT2D eigenvalue weighted by Crippen LogP contribution is -2.37. The first-order chi connectivity index (χ1) is 12.8. The van der Waals surface area contributed by atoms with Gasteiger partial charge in [-0.1, -0.05) is 32.0 Å². The number of carbonyl (C=O) groups is 3. The zero-order chi connectivity index (χ0) is 19.7. The van der Waals surface area contributed by atoms with E-state index in [1.54, 1.807) is 12.1 Å². The molecule has 0 saturated carbocycles. The van der Waals surface area contributed by atoms with Gasteiger partial charge < -0.3 is 5.32 Å². The van der Waals surface area contributed by atoms with Gasteiger partial charge in [-0.05, 0) is 29.7 Å². The van der Waals surface area contributed by atoms with Crippen molar-refractivity contribution >= 4 is 29.1 Å². The molecule has 1 heterocycles. The molecule has 0 saturated heterocycles. The standard InChI is InChI=1S/C19H17N3O5/c1-11(2)12-6-8-13(9-7-12)20-16(23)10-21-18(24)14-4-3-5-15(22(26)27)17(14)19(21)25/h3-9,11H,10H2,1-2H3,(H,20,23). The van der Waals surface area contributed by atoms with Crippen molar-refractivity contribution in [2.24, 2.45) is 0 Å². The van der Waals surface area contributed by atoms with Gasteiger partial charge in [0, 0.05) is 11.8 Å². The molecule has 0 radical (unpaired) electrons. The Bertz CT molecular complexity index is 950. The Morgan fingerprint density at radius 2 is 1.78 bits per heavy atom. The molecule has 3 amide bonds. The van der Waals surface area contributed by atoms with Crippen LogP contribution in [0.4, 0.5) is 11.4 Å². The number of nitrogens with zero attached hydrogens (tertiary/aromatic N) is 2. The number of imide groups is 1. The van der Waals surface area contributed by atoms with Crippen LogP contribution in [0.1, 0.15) is 46.0 Å². The van der Waals surface area contributed by atoms with Gasteiger partial charge in [0.15, 0.2) is 0 Å². The maximum Gasteiger partial charge on any atom is 0.282 e. The first-order valence-corrected chi connectivity index (χ1v) is 8.33. The van der Waals surface area contributed by atoms with Gasteiger partial charge in [-0.25, -0.2) is 0 Å². The van der Waals surface area contributed by atoms with Crippen LogP contribution in [0.5, 0.6) is 0 Å². The molecule has 1 N–H and O–H groups in total. The Morgan fingerprint density at radius 1 is 1.11 bits per heavy atom. The highest BCUT2D eigenvalue weighted by Crippen LogP contribution is 2.30. The van der Waals surface area contributed by atoms with E-state index in [1.807, 2.05) is 12.1 Å². The van der Waals surface area contributed by atoms with Crippen LogP contribution in [-0.4, -0.2) is 34.1 Å². The van der Waals surface area contributed by atoms with Crippen molar-refractivity contribution in [1.29, 1.82) is 0 Å². The molecule has 2 aromatic carbocycles. The molecule has 0 bridgehead atoms. The van der Waals surface area contributed by atoms with Gasteiger partial charge in [0.2, 0.25) is 5.91 Å². The third-order valence-corrected chi connectivity index (χ3v) is 4.34. The highest BCUT2D eigenvalue weighted by molar-refractivity contribution is 6.24. The average molecular weight is 367 g/mol. The van der Waals surface area contributed by atoms with Crippen molar-refractivity contribution in [3.05, 3.63) is 69.3 Å². The van der Waals surface area contributed by atoms with Gasteiger partial charge in [0.05, 0.1) is 10.5 Å². The van der Waals surface area contributed by atoms with Crippen LogP contribution in [0.15, 0.2) is 42.5 Å². The van der Waals surface area contributed by atoms with Gasteiger partial charge in [-0.15, -0.1) is 0 Å². The van der Waals surface area contributed by atoms with Crippen LogP contribution in [0.2, 0.25) is 0 Å². The number of rotatable bonds is 5. The fourth-order valence-corrected chi connectivity index (χ4v) is 2.91. The number of hydrogen-bond donors (Lipinski definition) is 1. The van der Waals surface area contributed by atoms with Crippen molar-refractivity contribution in [3.8, 4) is 0 Å². The highest BCUT2D eigenvalue weighted by atomic mass is 16.6. The van der Waals surface area contributed by atoms with E-state index in [0.717, 1.165) is 16.5 Å². The third kappa shape index (κ3) is 3.41. The van der Waals surface area contributed by atoms with Gasteiger partial charge in [0.1, 0.15) is 12.1 Å². The van der Waals surface area contributed by atoms with Crippen LogP contribution >= 0.6 is 0 Å². The van der Waals surface area contributed by atoms with E-state index in [2.05, 4.69) is 19.2 Å². The van der Waals surface area contributed by atoms with Crippen LogP contribution in [0.3, 0.4) is 0 Å². The molecular weight excluding hydrogens is 350 g/mol. The number of benzene rings is 2. The largest absolute Gasteiger partial charge is 0.325 e. The molecule has 0 aromatic heterocycles. The summed E-state index contributed by atoms with van der Waals surface area (Å²) in [7, 11) is 0. The Labute approximate surface area is 154 Å². The van der Waals surface area contributed by atoms with E-state index in [1.165, 1.54) is 12.1 Å². The molecule has 2 aromatic rings. The summed E-state index contributed by atoms with van der Waals surface area (Å²) in [4.78, 5) is 48.2. The van der Waals surface area contributed by atoms with E-state index in [-0.39, 0.29) is 11.1 Å². The number of fused-ring (bicyclic) bond motifs is 1. The molecule has 0 aliphatic carbocycles. The summed E-state index contributed by atoms with van der Waals surface area (Å²) >= 11 is 0. The van der Waals surface area contributed by atoms with E-state index in [0.29, 0.717) is 11.6 Å². The molecule has 0 unspecified atom stereocenters. The minimum absolute atomic E-state index is 0.0664. The lowest BCUT2D eigenvalue weighted by molar-refractivity contribution is -0.385. The summed E-state index contributed by atoms with van der Waals surface area (Å²) in [6, 6.07) is 11.1. The first kappa shape index (κ1) is 18.2. The van der Waals surface area contributed by atoms with E-state index in [9.17, 15) is 24.5 Å². The SMILES string of the molecule is CC(C)c1ccc(NC(=O)CN2C(=O)c3cccc([N+](=O)[O-])c3C2=O)cc1. The number of anilines is 1. The topological polar surface area (TPSA) is 110 Å². The number of carbonyl (C=O) groups excluding carboxylic acids is 3. The maximum absolute atomic E-state index is 12.5. The molecule has 138 valence electrons. The Morgan fingerprint density at radius 3 is 2.37 bits per heavy atom. The van der Waals surface area contributed by atoms with Crippen molar-refractivity contribution in [3.63, 3.8) is 0 Å². The summed E-state index contributed by atoms with van der Waals surface area (Å²) < 4.78 is 0. The van der Waals surface area contributed by atoms with Gasteiger partial charge in [0.25, 0.3) is 17.5 Å². The van der Waals surface area contributed by atoms with Crippen molar-refractivity contribution in [2.75, 3.05) is 11.9 Å². The molecule has 1 aliphatic rings. The molecule has 0 spiro atoms. The van der Waals surface area contributed by atoms with Crippen LogP contribution in [-0.2, 0) is 4.79 Å². The first-order valence-electron chi connectivity index (χ1n) is 8.33. The molecule has 27 heavy (non-hydrogen) atoms. The highest BCUT2D eigenvalue weighted by Gasteiger charge is 2.41. The molecule has 8 nitrogen and oxygen atoms in total. The minimum Gasteiger partial charge on any atom is -0.325 e. The Hall–Kier alpha value is -3.55. The van der Waals surface area contributed by atoms with E-state index in [4.69, 9.17) is 0 Å². The van der Waals surface area contributed by atoms with Crippen LogP contribution in [0.25, 0.3) is 0 Å². The predicted octanol–water partition coefficient (Wildman–Crippen LogP) is 2.95. The van der Waals surface area contributed by atoms with Gasteiger partial charge in [-0.3, -0.25) is 29.4 Å². The summed E-state index contributed by atoms with van der Waals surface area (Å²) in [6.07, 6.45) is 0. The quantitative estimate of drug-likeness (QED) is 0.496. The molecular formula is C19H17N3O5. The second kappa shape index (κ2) is 6.99. The lowest BCUT2D eigenvalue weighted by Gasteiger charge is -2.14. The number of nitro benzene ring substituents is 1. The molecule has 0 fully saturated rings. The fourth-order valence-electron chi connectivity index (χ4n) is 2.91. The normalized spacial score (nSPS) is 13.1. The van der Waals surface area contributed by atoms with Crippen LogP contribution in [0, 0.1) is 10.1 Å². The fraction of sp³-hybridized carbons (Fsp3) is 0.211.